The van der Waals surface area contributed by atoms with Gasteiger partial charge in [-0.2, -0.15) is 0 Å². The lowest BCUT2D eigenvalue weighted by Crippen LogP contribution is -2.36. The van der Waals surface area contributed by atoms with E-state index in [1.165, 1.54) is 48.5 Å². The van der Waals surface area contributed by atoms with Crippen LogP contribution < -0.4 is 10.0 Å². The van der Waals surface area contributed by atoms with E-state index in [0.717, 1.165) is 16.7 Å². The highest BCUT2D eigenvalue weighted by atomic mass is 79.9. The van der Waals surface area contributed by atoms with Crippen LogP contribution in [-0.2, 0) is 37.3 Å². The minimum Gasteiger partial charge on any atom is -0.465 e. The average molecular weight is 679 g/mol. The summed E-state index contributed by atoms with van der Waals surface area (Å²) < 4.78 is 48.6. The van der Waals surface area contributed by atoms with E-state index in [1.54, 1.807) is 25.1 Å². The molecule has 42 heavy (non-hydrogen) atoms. The number of ether oxygens (including phenoxy) is 1. The molecule has 1 fully saturated rings. The largest absolute Gasteiger partial charge is 0.465 e. The number of carbonyl (C=O) groups is 4. The molecule has 1 heterocycles. The van der Waals surface area contributed by atoms with Gasteiger partial charge in [0, 0.05) is 27.8 Å². The fraction of sp³-hybridized carbons (Fsp3) is 0.214. The van der Waals surface area contributed by atoms with Crippen LogP contribution in [0, 0.1) is 5.82 Å². The standard InChI is InChI=1S/C28H25BrFN3O7S2/c1-2-40-25(34)16-33(15-19-8-9-20(29)14-23(19)30)27(36)18-4-3-5-21(13-18)32-42(38,39)22-10-6-17(7-11-22)12-24-26(35)31-28(37)41-24/h3-11,13-14,24,32H,2,12,15-16H2,1H3,(H,31,35,37). The molecule has 0 bridgehead atoms. The molecular formula is C28H25BrFN3O7S2. The topological polar surface area (TPSA) is 139 Å². The van der Waals surface area contributed by atoms with Gasteiger partial charge >= 0.3 is 5.97 Å². The number of nitrogens with one attached hydrogen (secondary N) is 2. The van der Waals surface area contributed by atoms with Gasteiger partial charge in [-0.1, -0.05) is 52.0 Å². The molecule has 1 saturated heterocycles. The van der Waals surface area contributed by atoms with E-state index in [2.05, 4.69) is 26.0 Å². The molecule has 220 valence electrons. The van der Waals surface area contributed by atoms with Gasteiger partial charge in [0.25, 0.3) is 21.2 Å². The van der Waals surface area contributed by atoms with E-state index in [-0.39, 0.29) is 47.2 Å². The number of imide groups is 1. The molecule has 0 radical (unpaired) electrons. The fourth-order valence-corrected chi connectivity index (χ4v) is 6.32. The normalized spacial score (nSPS) is 14.8. The first-order valence-electron chi connectivity index (χ1n) is 12.6. The summed E-state index contributed by atoms with van der Waals surface area (Å²) in [5.74, 6) is -2.27. The SMILES string of the molecule is CCOC(=O)CN(Cc1ccc(Br)cc1F)C(=O)c1cccc(NS(=O)(=O)c2ccc(CC3SC(=O)NC3=O)cc2)c1. The van der Waals surface area contributed by atoms with Crippen LogP contribution in [0.1, 0.15) is 28.4 Å². The fourth-order valence-electron chi connectivity index (χ4n) is 4.08. The van der Waals surface area contributed by atoms with Crippen molar-refractivity contribution in [1.82, 2.24) is 10.2 Å². The van der Waals surface area contributed by atoms with Crippen molar-refractivity contribution in [2.24, 2.45) is 0 Å². The van der Waals surface area contributed by atoms with E-state index >= 15 is 0 Å². The van der Waals surface area contributed by atoms with Crippen LogP contribution in [0.25, 0.3) is 0 Å². The predicted octanol–water partition coefficient (Wildman–Crippen LogP) is 4.49. The van der Waals surface area contributed by atoms with Crippen LogP contribution in [-0.4, -0.2) is 54.7 Å². The van der Waals surface area contributed by atoms with Gasteiger partial charge in [0.2, 0.25) is 5.91 Å². The second kappa shape index (κ2) is 13.5. The predicted molar refractivity (Wildman–Crippen MR) is 158 cm³/mol. The Hall–Kier alpha value is -3.75. The van der Waals surface area contributed by atoms with E-state index in [4.69, 9.17) is 4.74 Å². The Labute approximate surface area is 254 Å². The van der Waals surface area contributed by atoms with Crippen molar-refractivity contribution >= 4 is 66.4 Å². The van der Waals surface area contributed by atoms with Crippen molar-refractivity contribution in [3.8, 4) is 0 Å². The van der Waals surface area contributed by atoms with Gasteiger partial charge < -0.3 is 9.64 Å². The number of esters is 1. The van der Waals surface area contributed by atoms with E-state index in [0.29, 0.717) is 10.0 Å². The molecule has 0 spiro atoms. The minimum atomic E-state index is -4.07. The van der Waals surface area contributed by atoms with Gasteiger partial charge in [0.15, 0.2) is 0 Å². The molecule has 14 heteroatoms. The molecule has 3 aromatic rings. The van der Waals surface area contributed by atoms with Crippen molar-refractivity contribution in [3.05, 3.63) is 93.7 Å². The molecule has 1 atom stereocenters. The number of amides is 3. The summed E-state index contributed by atoms with van der Waals surface area (Å²) in [4.78, 5) is 49.9. The zero-order chi connectivity index (χ0) is 30.4. The maximum atomic E-state index is 14.5. The number of hydrogen-bond donors (Lipinski definition) is 2. The van der Waals surface area contributed by atoms with Gasteiger partial charge in [0.1, 0.15) is 12.4 Å². The van der Waals surface area contributed by atoms with Crippen molar-refractivity contribution in [3.63, 3.8) is 0 Å². The first-order chi connectivity index (χ1) is 19.9. The maximum Gasteiger partial charge on any atom is 0.325 e. The zero-order valence-electron chi connectivity index (χ0n) is 22.1. The Morgan fingerprint density at radius 3 is 2.48 bits per heavy atom. The molecule has 3 aromatic carbocycles. The number of nitrogens with zero attached hydrogens (tertiary/aromatic N) is 1. The van der Waals surface area contributed by atoms with Crippen LogP contribution in [0.5, 0.6) is 0 Å². The first kappa shape index (κ1) is 31.2. The molecule has 3 amide bonds. The van der Waals surface area contributed by atoms with Crippen molar-refractivity contribution in [2.75, 3.05) is 17.9 Å². The number of benzene rings is 3. The van der Waals surface area contributed by atoms with Crippen molar-refractivity contribution in [2.45, 2.75) is 30.0 Å². The minimum absolute atomic E-state index is 0.0581. The molecule has 0 aliphatic carbocycles. The molecular weight excluding hydrogens is 653 g/mol. The first-order valence-corrected chi connectivity index (χ1v) is 15.7. The quantitative estimate of drug-likeness (QED) is 0.283. The number of anilines is 1. The monoisotopic (exact) mass is 677 g/mol. The van der Waals surface area contributed by atoms with Gasteiger partial charge in [-0.05, 0) is 61.4 Å². The number of sulfonamides is 1. The third-order valence-corrected chi connectivity index (χ3v) is 8.94. The number of halogens is 2. The molecule has 1 unspecified atom stereocenters. The van der Waals surface area contributed by atoms with Crippen LogP contribution in [0.15, 0.2) is 76.1 Å². The van der Waals surface area contributed by atoms with Crippen LogP contribution in [0.2, 0.25) is 0 Å². The summed E-state index contributed by atoms with van der Waals surface area (Å²) in [6.45, 7) is 1.05. The van der Waals surface area contributed by atoms with Crippen LogP contribution in [0.4, 0.5) is 14.9 Å². The number of rotatable bonds is 11. The maximum absolute atomic E-state index is 14.5. The number of hydrogen-bond acceptors (Lipinski definition) is 8. The number of thioether (sulfide) groups is 1. The molecule has 1 aliphatic rings. The summed E-state index contributed by atoms with van der Waals surface area (Å²) in [5, 5.41) is 1.21. The summed E-state index contributed by atoms with van der Waals surface area (Å²) in [7, 11) is -4.07. The summed E-state index contributed by atoms with van der Waals surface area (Å²) in [6, 6.07) is 15.9. The summed E-state index contributed by atoms with van der Waals surface area (Å²) in [5.41, 5.74) is 1.00. The molecule has 0 aromatic heterocycles. The third kappa shape index (κ3) is 7.95. The highest BCUT2D eigenvalue weighted by Gasteiger charge is 2.31. The Kier molecular flexibility index (Phi) is 10.0. The lowest BCUT2D eigenvalue weighted by atomic mass is 10.1. The molecule has 0 saturated carbocycles. The van der Waals surface area contributed by atoms with Gasteiger partial charge in [-0.25, -0.2) is 12.8 Å². The van der Waals surface area contributed by atoms with E-state index in [9.17, 15) is 32.0 Å². The second-order valence-corrected chi connectivity index (χ2v) is 12.9. The lowest BCUT2D eigenvalue weighted by molar-refractivity contribution is -0.144. The van der Waals surface area contributed by atoms with E-state index < -0.39 is 44.8 Å². The van der Waals surface area contributed by atoms with Crippen LogP contribution >= 0.6 is 27.7 Å². The molecule has 2 N–H and O–H groups in total. The Balaban J connectivity index is 1.50. The highest BCUT2D eigenvalue weighted by molar-refractivity contribution is 9.10. The summed E-state index contributed by atoms with van der Waals surface area (Å²) >= 11 is 4.07. The molecule has 1 aliphatic heterocycles. The van der Waals surface area contributed by atoms with Gasteiger partial charge in [-0.3, -0.25) is 29.2 Å². The zero-order valence-corrected chi connectivity index (χ0v) is 25.4. The summed E-state index contributed by atoms with van der Waals surface area (Å²) in [6.07, 6.45) is 0.257. The van der Waals surface area contributed by atoms with Crippen LogP contribution in [0.3, 0.4) is 0 Å². The smallest absolute Gasteiger partial charge is 0.325 e. The Morgan fingerprint density at radius 2 is 1.83 bits per heavy atom. The van der Waals surface area contributed by atoms with Crippen molar-refractivity contribution < 1.29 is 36.7 Å². The Morgan fingerprint density at radius 1 is 1.10 bits per heavy atom. The lowest BCUT2D eigenvalue weighted by Gasteiger charge is -2.22. The van der Waals surface area contributed by atoms with Gasteiger partial charge in [0.05, 0.1) is 16.8 Å². The second-order valence-electron chi connectivity index (χ2n) is 9.12. The third-order valence-electron chi connectivity index (χ3n) is 6.07. The average Bonchev–Trinajstić information content (AvgIpc) is 3.25. The number of carbonyl (C=O) groups excluding carboxylic acids is 4. The van der Waals surface area contributed by atoms with E-state index in [1.807, 2.05) is 0 Å². The molecule has 10 nitrogen and oxygen atoms in total. The highest BCUT2D eigenvalue weighted by Crippen LogP contribution is 2.25. The Bertz CT molecular complexity index is 1630. The molecule has 4 rings (SSSR count). The van der Waals surface area contributed by atoms with Gasteiger partial charge in [-0.15, -0.1) is 0 Å². The van der Waals surface area contributed by atoms with Crippen molar-refractivity contribution in [1.29, 1.82) is 0 Å².